The van der Waals surface area contributed by atoms with E-state index in [-0.39, 0.29) is 0 Å². The Morgan fingerprint density at radius 2 is 1.95 bits per heavy atom. The van der Waals surface area contributed by atoms with Gasteiger partial charge >= 0.3 is 0 Å². The molecule has 2 nitrogen and oxygen atoms in total. The highest BCUT2D eigenvalue weighted by Gasteiger charge is 2.08. The van der Waals surface area contributed by atoms with Gasteiger partial charge in [0.15, 0.2) is 0 Å². The maximum absolute atomic E-state index is 6.07. The van der Waals surface area contributed by atoms with Gasteiger partial charge < -0.3 is 10.1 Å². The topological polar surface area (TPSA) is 21.3 Å². The van der Waals surface area contributed by atoms with E-state index in [1.54, 1.807) is 7.11 Å². The SMILES string of the molecule is CCC(NCCc1cccc(OC)c1)c1cccc(Cl)c1. The van der Waals surface area contributed by atoms with Crippen LogP contribution < -0.4 is 10.1 Å². The molecular formula is C18H22ClNO. The molecule has 21 heavy (non-hydrogen) atoms. The van der Waals surface area contributed by atoms with E-state index in [1.807, 2.05) is 30.3 Å². The number of benzene rings is 2. The second-order valence-corrected chi connectivity index (χ2v) is 5.51. The molecule has 112 valence electrons. The lowest BCUT2D eigenvalue weighted by molar-refractivity contribution is 0.414. The van der Waals surface area contributed by atoms with Crippen molar-refractivity contribution in [2.75, 3.05) is 13.7 Å². The molecule has 0 aliphatic heterocycles. The van der Waals surface area contributed by atoms with E-state index in [2.05, 4.69) is 30.4 Å². The first-order valence-corrected chi connectivity index (χ1v) is 7.72. The third kappa shape index (κ3) is 4.76. The van der Waals surface area contributed by atoms with Crippen molar-refractivity contribution in [1.82, 2.24) is 5.32 Å². The molecule has 0 amide bonds. The average Bonchev–Trinajstić information content (AvgIpc) is 2.52. The van der Waals surface area contributed by atoms with Crippen molar-refractivity contribution < 1.29 is 4.74 Å². The highest BCUT2D eigenvalue weighted by atomic mass is 35.5. The Labute approximate surface area is 132 Å². The van der Waals surface area contributed by atoms with E-state index in [0.29, 0.717) is 6.04 Å². The van der Waals surface area contributed by atoms with Crippen LogP contribution in [0.25, 0.3) is 0 Å². The van der Waals surface area contributed by atoms with Crippen LogP contribution >= 0.6 is 11.6 Å². The zero-order chi connectivity index (χ0) is 15.1. The van der Waals surface area contributed by atoms with Crippen LogP contribution in [0.4, 0.5) is 0 Å². The van der Waals surface area contributed by atoms with Crippen LogP contribution in [-0.4, -0.2) is 13.7 Å². The smallest absolute Gasteiger partial charge is 0.119 e. The van der Waals surface area contributed by atoms with Crippen LogP contribution in [0, 0.1) is 0 Å². The molecule has 0 saturated heterocycles. The molecule has 0 aliphatic carbocycles. The number of hydrogen-bond donors (Lipinski definition) is 1. The van der Waals surface area contributed by atoms with Crippen molar-refractivity contribution in [3.63, 3.8) is 0 Å². The number of halogens is 1. The van der Waals surface area contributed by atoms with E-state index in [0.717, 1.165) is 30.2 Å². The number of hydrogen-bond acceptors (Lipinski definition) is 2. The summed E-state index contributed by atoms with van der Waals surface area (Å²) in [7, 11) is 1.70. The summed E-state index contributed by atoms with van der Waals surface area (Å²) < 4.78 is 5.25. The van der Waals surface area contributed by atoms with Gasteiger partial charge in [-0.25, -0.2) is 0 Å². The largest absolute Gasteiger partial charge is 0.497 e. The standard InChI is InChI=1S/C18H22ClNO/c1-3-18(15-7-5-8-16(19)13-15)20-11-10-14-6-4-9-17(12-14)21-2/h4-9,12-13,18,20H,3,10-11H2,1-2H3. The Balaban J connectivity index is 1.91. The fraction of sp³-hybridized carbons (Fsp3) is 0.333. The van der Waals surface area contributed by atoms with Gasteiger partial charge in [0.2, 0.25) is 0 Å². The average molecular weight is 304 g/mol. The van der Waals surface area contributed by atoms with E-state index in [4.69, 9.17) is 16.3 Å². The van der Waals surface area contributed by atoms with E-state index in [1.165, 1.54) is 11.1 Å². The second-order valence-electron chi connectivity index (χ2n) is 5.07. The van der Waals surface area contributed by atoms with E-state index < -0.39 is 0 Å². The normalized spacial score (nSPS) is 12.1. The molecule has 1 N–H and O–H groups in total. The summed E-state index contributed by atoms with van der Waals surface area (Å²) in [4.78, 5) is 0. The minimum atomic E-state index is 0.342. The number of methoxy groups -OCH3 is 1. The number of rotatable bonds is 7. The van der Waals surface area contributed by atoms with Crippen molar-refractivity contribution in [1.29, 1.82) is 0 Å². The van der Waals surface area contributed by atoms with Crippen LogP contribution in [0.5, 0.6) is 5.75 Å². The van der Waals surface area contributed by atoms with Crippen molar-refractivity contribution in [3.8, 4) is 5.75 Å². The maximum atomic E-state index is 6.07. The minimum absolute atomic E-state index is 0.342. The van der Waals surface area contributed by atoms with Gasteiger partial charge in [0.25, 0.3) is 0 Å². The lowest BCUT2D eigenvalue weighted by atomic mass is 10.0. The highest BCUT2D eigenvalue weighted by molar-refractivity contribution is 6.30. The molecule has 0 bridgehead atoms. The molecule has 0 spiro atoms. The van der Waals surface area contributed by atoms with Crippen molar-refractivity contribution in [2.24, 2.45) is 0 Å². The van der Waals surface area contributed by atoms with Crippen LogP contribution in [0.2, 0.25) is 5.02 Å². The van der Waals surface area contributed by atoms with Crippen LogP contribution in [0.1, 0.15) is 30.5 Å². The highest BCUT2D eigenvalue weighted by Crippen LogP contribution is 2.20. The zero-order valence-corrected chi connectivity index (χ0v) is 13.4. The van der Waals surface area contributed by atoms with Crippen molar-refractivity contribution >= 4 is 11.6 Å². The second kappa shape index (κ2) is 8.06. The quantitative estimate of drug-likeness (QED) is 0.805. The van der Waals surface area contributed by atoms with Crippen LogP contribution in [0.15, 0.2) is 48.5 Å². The zero-order valence-electron chi connectivity index (χ0n) is 12.6. The Hall–Kier alpha value is -1.51. The molecule has 0 aliphatic rings. The summed E-state index contributed by atoms with van der Waals surface area (Å²) in [5, 5.41) is 4.39. The monoisotopic (exact) mass is 303 g/mol. The molecule has 0 aromatic heterocycles. The minimum Gasteiger partial charge on any atom is -0.497 e. The molecule has 1 atom stereocenters. The van der Waals surface area contributed by atoms with Gasteiger partial charge in [-0.3, -0.25) is 0 Å². The molecule has 2 aromatic carbocycles. The lowest BCUT2D eigenvalue weighted by Gasteiger charge is -2.18. The third-order valence-corrected chi connectivity index (χ3v) is 3.83. The van der Waals surface area contributed by atoms with Crippen LogP contribution in [0.3, 0.4) is 0 Å². The molecule has 2 rings (SSSR count). The Morgan fingerprint density at radius 3 is 2.67 bits per heavy atom. The lowest BCUT2D eigenvalue weighted by Crippen LogP contribution is -2.23. The van der Waals surface area contributed by atoms with Gasteiger partial charge in [0.05, 0.1) is 7.11 Å². The molecule has 1 unspecified atom stereocenters. The Kier molecular flexibility index (Phi) is 6.09. The van der Waals surface area contributed by atoms with Crippen molar-refractivity contribution in [2.45, 2.75) is 25.8 Å². The molecule has 0 fully saturated rings. The van der Waals surface area contributed by atoms with Gasteiger partial charge in [0.1, 0.15) is 5.75 Å². The van der Waals surface area contributed by atoms with Gasteiger partial charge in [0, 0.05) is 11.1 Å². The van der Waals surface area contributed by atoms with Gasteiger partial charge in [-0.15, -0.1) is 0 Å². The first-order chi connectivity index (χ1) is 10.2. The van der Waals surface area contributed by atoms with E-state index in [9.17, 15) is 0 Å². The third-order valence-electron chi connectivity index (χ3n) is 3.60. The van der Waals surface area contributed by atoms with E-state index >= 15 is 0 Å². The molecule has 3 heteroatoms. The van der Waals surface area contributed by atoms with Gasteiger partial charge in [-0.2, -0.15) is 0 Å². The number of nitrogens with one attached hydrogen (secondary N) is 1. The molecule has 0 radical (unpaired) electrons. The Morgan fingerprint density at radius 1 is 1.14 bits per heavy atom. The predicted molar refractivity (Wildman–Crippen MR) is 89.2 cm³/mol. The summed E-state index contributed by atoms with van der Waals surface area (Å²) in [6.07, 6.45) is 2.02. The molecule has 0 saturated carbocycles. The van der Waals surface area contributed by atoms with Crippen molar-refractivity contribution in [3.05, 3.63) is 64.7 Å². The first kappa shape index (κ1) is 15.9. The molecule has 0 heterocycles. The Bertz CT molecular complexity index is 571. The fourth-order valence-corrected chi connectivity index (χ4v) is 2.64. The summed E-state index contributed by atoms with van der Waals surface area (Å²) in [5.74, 6) is 0.911. The summed E-state index contributed by atoms with van der Waals surface area (Å²) >= 11 is 6.07. The summed E-state index contributed by atoms with van der Waals surface area (Å²) in [6, 6.07) is 16.6. The predicted octanol–water partition coefficient (Wildman–Crippen LogP) is 4.63. The van der Waals surface area contributed by atoms with Gasteiger partial charge in [-0.1, -0.05) is 42.8 Å². The summed E-state index contributed by atoms with van der Waals surface area (Å²) in [6.45, 7) is 3.11. The maximum Gasteiger partial charge on any atom is 0.119 e. The van der Waals surface area contributed by atoms with Gasteiger partial charge in [-0.05, 0) is 54.8 Å². The summed E-state index contributed by atoms with van der Waals surface area (Å²) in [5.41, 5.74) is 2.53. The van der Waals surface area contributed by atoms with Crippen LogP contribution in [-0.2, 0) is 6.42 Å². The fourth-order valence-electron chi connectivity index (χ4n) is 2.44. The molecular weight excluding hydrogens is 282 g/mol. The first-order valence-electron chi connectivity index (χ1n) is 7.34. The number of ether oxygens (including phenoxy) is 1. The molecule has 2 aromatic rings.